The lowest BCUT2D eigenvalue weighted by Gasteiger charge is -2.07. The van der Waals surface area contributed by atoms with Gasteiger partial charge in [0.05, 0.1) is 13.7 Å². The number of methoxy groups -OCH3 is 1. The highest BCUT2D eigenvalue weighted by Crippen LogP contribution is 2.25. The summed E-state index contributed by atoms with van der Waals surface area (Å²) in [5.74, 6) is 1.68. The van der Waals surface area contributed by atoms with Crippen molar-refractivity contribution >= 4 is 0 Å². The molecule has 2 heterocycles. The summed E-state index contributed by atoms with van der Waals surface area (Å²) in [6, 6.07) is 10.3. The smallest absolute Gasteiger partial charge is 0.212 e. The molecule has 3 rings (SSSR count). The van der Waals surface area contributed by atoms with Crippen LogP contribution in [0.1, 0.15) is 16.7 Å². The molecule has 0 radical (unpaired) electrons. The van der Waals surface area contributed by atoms with Gasteiger partial charge in [-0.25, -0.2) is 4.98 Å². The number of hydrogen-bond acceptors (Lipinski definition) is 4. The minimum Gasteiger partial charge on any atom is -0.493 e. The maximum atomic E-state index is 5.51. The lowest BCUT2D eigenvalue weighted by atomic mass is 10.1. The van der Waals surface area contributed by atoms with E-state index >= 15 is 0 Å². The summed E-state index contributed by atoms with van der Waals surface area (Å²) < 4.78 is 10.6. The Morgan fingerprint density at radius 2 is 2.05 bits per heavy atom. The number of hydrogen-bond donors (Lipinski definition) is 1. The topological polar surface area (TPSA) is 43.4 Å². The number of aromatic nitrogens is 1. The second-order valence-corrected chi connectivity index (χ2v) is 4.85. The first-order chi connectivity index (χ1) is 9.85. The monoisotopic (exact) mass is 270 g/mol. The Labute approximate surface area is 118 Å². The Bertz CT molecular complexity index is 582. The Balaban J connectivity index is 1.54. The molecule has 0 spiro atoms. The molecule has 0 bridgehead atoms. The fourth-order valence-corrected chi connectivity index (χ4v) is 2.34. The average Bonchev–Trinajstić information content (AvgIpc) is 2.95. The summed E-state index contributed by atoms with van der Waals surface area (Å²) in [6.45, 7) is 2.45. The molecule has 104 valence electrons. The summed E-state index contributed by atoms with van der Waals surface area (Å²) in [4.78, 5) is 4.19. The molecule has 1 N–H and O–H groups in total. The molecule has 0 saturated heterocycles. The lowest BCUT2D eigenvalue weighted by Crippen LogP contribution is -2.12. The third-order valence-electron chi connectivity index (χ3n) is 3.42. The van der Waals surface area contributed by atoms with Crippen molar-refractivity contribution in [1.82, 2.24) is 10.3 Å². The number of nitrogens with one attached hydrogen (secondary N) is 1. The van der Waals surface area contributed by atoms with Crippen LogP contribution in [0.4, 0.5) is 0 Å². The molecule has 4 nitrogen and oxygen atoms in total. The van der Waals surface area contributed by atoms with Gasteiger partial charge in [0.2, 0.25) is 5.88 Å². The lowest BCUT2D eigenvalue weighted by molar-refractivity contribution is 0.357. The zero-order chi connectivity index (χ0) is 13.8. The van der Waals surface area contributed by atoms with Gasteiger partial charge in [0.25, 0.3) is 0 Å². The van der Waals surface area contributed by atoms with E-state index in [1.807, 2.05) is 18.3 Å². The largest absolute Gasteiger partial charge is 0.493 e. The highest BCUT2D eigenvalue weighted by Gasteiger charge is 2.11. The number of ether oxygens (including phenoxy) is 2. The second kappa shape index (κ2) is 5.92. The summed E-state index contributed by atoms with van der Waals surface area (Å²) in [6.07, 6.45) is 2.86. The third-order valence-corrected chi connectivity index (χ3v) is 3.42. The van der Waals surface area contributed by atoms with E-state index in [9.17, 15) is 0 Å². The predicted octanol–water partition coefficient (Wildman–Crippen LogP) is 2.31. The first-order valence-corrected chi connectivity index (χ1v) is 6.79. The van der Waals surface area contributed by atoms with Crippen molar-refractivity contribution in [2.24, 2.45) is 0 Å². The zero-order valence-electron chi connectivity index (χ0n) is 11.6. The van der Waals surface area contributed by atoms with Crippen LogP contribution in [-0.2, 0) is 19.5 Å². The number of pyridine rings is 1. The van der Waals surface area contributed by atoms with Gasteiger partial charge < -0.3 is 14.8 Å². The van der Waals surface area contributed by atoms with E-state index < -0.39 is 0 Å². The van der Waals surface area contributed by atoms with Crippen LogP contribution in [0.15, 0.2) is 36.5 Å². The third kappa shape index (κ3) is 2.91. The van der Waals surface area contributed by atoms with E-state index in [4.69, 9.17) is 9.47 Å². The van der Waals surface area contributed by atoms with Crippen LogP contribution in [0.5, 0.6) is 11.6 Å². The van der Waals surface area contributed by atoms with Crippen molar-refractivity contribution < 1.29 is 9.47 Å². The number of benzene rings is 1. The summed E-state index contributed by atoms with van der Waals surface area (Å²) in [5.41, 5.74) is 3.75. The van der Waals surface area contributed by atoms with E-state index in [2.05, 4.69) is 28.5 Å². The molecule has 1 aromatic heterocycles. The fraction of sp³-hybridized carbons (Fsp3) is 0.312. The van der Waals surface area contributed by atoms with E-state index in [-0.39, 0.29) is 0 Å². The zero-order valence-corrected chi connectivity index (χ0v) is 11.6. The van der Waals surface area contributed by atoms with E-state index in [0.717, 1.165) is 37.4 Å². The van der Waals surface area contributed by atoms with Crippen molar-refractivity contribution in [3.63, 3.8) is 0 Å². The first-order valence-electron chi connectivity index (χ1n) is 6.79. The molecule has 0 fully saturated rings. The van der Waals surface area contributed by atoms with E-state index in [1.54, 1.807) is 7.11 Å². The second-order valence-electron chi connectivity index (χ2n) is 4.85. The van der Waals surface area contributed by atoms with Crippen molar-refractivity contribution in [3.05, 3.63) is 53.2 Å². The van der Waals surface area contributed by atoms with Crippen molar-refractivity contribution in [2.75, 3.05) is 13.7 Å². The molecule has 20 heavy (non-hydrogen) atoms. The molecule has 4 heteroatoms. The Kier molecular flexibility index (Phi) is 3.83. The molecule has 0 unspecified atom stereocenters. The van der Waals surface area contributed by atoms with Crippen molar-refractivity contribution in [2.45, 2.75) is 19.5 Å². The first kappa shape index (κ1) is 12.9. The molecule has 1 aromatic carbocycles. The van der Waals surface area contributed by atoms with Gasteiger partial charge in [-0.15, -0.1) is 0 Å². The molecular weight excluding hydrogens is 252 g/mol. The van der Waals surface area contributed by atoms with Crippen LogP contribution < -0.4 is 14.8 Å². The quantitative estimate of drug-likeness (QED) is 0.905. The number of fused-ring (bicyclic) bond motifs is 1. The minimum absolute atomic E-state index is 0.646. The molecule has 0 amide bonds. The number of nitrogens with zero attached hydrogens (tertiary/aromatic N) is 1. The predicted molar refractivity (Wildman–Crippen MR) is 77.0 cm³/mol. The molecule has 2 aromatic rings. The normalized spacial score (nSPS) is 12.8. The van der Waals surface area contributed by atoms with Crippen LogP contribution in [-0.4, -0.2) is 18.7 Å². The molecule has 0 atom stereocenters. The molecule has 0 saturated carbocycles. The minimum atomic E-state index is 0.646. The summed E-state index contributed by atoms with van der Waals surface area (Å²) >= 11 is 0. The highest BCUT2D eigenvalue weighted by molar-refractivity contribution is 5.39. The van der Waals surface area contributed by atoms with Gasteiger partial charge in [0.1, 0.15) is 5.75 Å². The van der Waals surface area contributed by atoms with Gasteiger partial charge in [0, 0.05) is 31.8 Å². The average molecular weight is 270 g/mol. The molecule has 0 aliphatic carbocycles. The Morgan fingerprint density at radius 1 is 1.20 bits per heavy atom. The van der Waals surface area contributed by atoms with Crippen molar-refractivity contribution in [1.29, 1.82) is 0 Å². The van der Waals surface area contributed by atoms with Gasteiger partial charge >= 0.3 is 0 Å². The van der Waals surface area contributed by atoms with Crippen LogP contribution in [0.3, 0.4) is 0 Å². The van der Waals surface area contributed by atoms with Gasteiger partial charge in [0.15, 0.2) is 0 Å². The highest BCUT2D eigenvalue weighted by atomic mass is 16.5. The summed E-state index contributed by atoms with van der Waals surface area (Å²) in [7, 11) is 1.62. The summed E-state index contributed by atoms with van der Waals surface area (Å²) in [5, 5.41) is 3.42. The van der Waals surface area contributed by atoms with Gasteiger partial charge in [-0.2, -0.15) is 0 Å². The van der Waals surface area contributed by atoms with Crippen LogP contribution in [0, 0.1) is 0 Å². The van der Waals surface area contributed by atoms with E-state index in [0.29, 0.717) is 5.88 Å². The van der Waals surface area contributed by atoms with Crippen molar-refractivity contribution in [3.8, 4) is 11.6 Å². The fourth-order valence-electron chi connectivity index (χ4n) is 2.34. The molecular formula is C16H18N2O2. The number of rotatable bonds is 5. The maximum Gasteiger partial charge on any atom is 0.212 e. The van der Waals surface area contributed by atoms with Gasteiger partial charge in [-0.3, -0.25) is 0 Å². The van der Waals surface area contributed by atoms with Crippen LogP contribution in [0.2, 0.25) is 0 Å². The van der Waals surface area contributed by atoms with Crippen LogP contribution >= 0.6 is 0 Å². The standard InChI is InChI=1S/C16H18N2O2/c1-19-16-5-3-13(11-18-16)10-17-9-12-2-4-15-14(8-12)6-7-20-15/h2-5,8,11,17H,6-7,9-10H2,1H3. The SMILES string of the molecule is COc1ccc(CNCc2ccc3c(c2)CCO3)cn1. The molecule has 1 aliphatic rings. The van der Waals surface area contributed by atoms with Gasteiger partial charge in [-0.1, -0.05) is 18.2 Å². The molecule has 1 aliphatic heterocycles. The maximum absolute atomic E-state index is 5.51. The van der Waals surface area contributed by atoms with Crippen LogP contribution in [0.25, 0.3) is 0 Å². The Hall–Kier alpha value is -2.07. The van der Waals surface area contributed by atoms with Gasteiger partial charge in [-0.05, 0) is 22.8 Å². The van der Waals surface area contributed by atoms with E-state index in [1.165, 1.54) is 11.1 Å². The Morgan fingerprint density at radius 3 is 2.85 bits per heavy atom.